The molecule has 0 heterocycles. The number of anilines is 1. The maximum absolute atomic E-state index is 13.0. The van der Waals surface area contributed by atoms with E-state index < -0.39 is 20.6 Å². The second-order valence-electron chi connectivity index (χ2n) is 4.98. The molecule has 0 unspecified atom stereocenters. The molecule has 0 aliphatic rings. The molecule has 8 heteroatoms. The highest BCUT2D eigenvalue weighted by atomic mass is 35.5. The molecule has 0 radical (unpaired) electrons. The predicted molar refractivity (Wildman–Crippen MR) is 94.0 cm³/mol. The van der Waals surface area contributed by atoms with Crippen LogP contribution in [0.4, 0.5) is 11.4 Å². The van der Waals surface area contributed by atoms with Gasteiger partial charge in [0.2, 0.25) is 0 Å². The summed E-state index contributed by atoms with van der Waals surface area (Å²) in [5, 5.41) is 11.7. The first kappa shape index (κ1) is 18.0. The first-order valence-corrected chi connectivity index (χ1v) is 8.74. The Bertz CT molecular complexity index is 897. The lowest BCUT2D eigenvalue weighted by molar-refractivity contribution is -0.387. The van der Waals surface area contributed by atoms with Crippen LogP contribution in [0.1, 0.15) is 5.56 Å². The summed E-state index contributed by atoms with van der Waals surface area (Å²) in [5.74, 6) is 0. The van der Waals surface area contributed by atoms with Crippen molar-refractivity contribution in [3.05, 3.63) is 75.8 Å². The van der Waals surface area contributed by atoms with E-state index in [0.717, 1.165) is 10.4 Å². The van der Waals surface area contributed by atoms with Gasteiger partial charge >= 0.3 is 0 Å². The van der Waals surface area contributed by atoms with Crippen LogP contribution in [-0.4, -0.2) is 19.9 Å². The molecule has 0 saturated carbocycles. The van der Waals surface area contributed by atoms with Crippen molar-refractivity contribution in [2.45, 2.75) is 11.8 Å². The Morgan fingerprint density at radius 3 is 2.54 bits per heavy atom. The zero-order valence-electron chi connectivity index (χ0n) is 12.8. The summed E-state index contributed by atoms with van der Waals surface area (Å²) < 4.78 is 27.1. The molecule has 0 aromatic heterocycles. The third-order valence-corrected chi connectivity index (χ3v) is 5.41. The van der Waals surface area contributed by atoms with Crippen LogP contribution in [0.25, 0.3) is 0 Å². The minimum atomic E-state index is -4.15. The molecular weight excluding hydrogens is 352 g/mol. The number of benzene rings is 2. The first-order chi connectivity index (χ1) is 11.3. The monoisotopic (exact) mass is 366 g/mol. The van der Waals surface area contributed by atoms with E-state index in [1.54, 1.807) is 25.1 Å². The molecule has 24 heavy (non-hydrogen) atoms. The SMILES string of the molecule is C=CCN(c1ccc(Cl)cc1C)S(=O)(=O)c1ccccc1[N+](=O)[O-]. The van der Waals surface area contributed by atoms with Crippen molar-refractivity contribution in [1.82, 2.24) is 0 Å². The van der Waals surface area contributed by atoms with Crippen molar-refractivity contribution >= 4 is 33.0 Å². The van der Waals surface area contributed by atoms with E-state index in [-0.39, 0.29) is 11.4 Å². The molecule has 2 aromatic rings. The largest absolute Gasteiger partial charge is 0.289 e. The van der Waals surface area contributed by atoms with E-state index in [1.807, 2.05) is 0 Å². The second kappa shape index (κ2) is 7.02. The van der Waals surface area contributed by atoms with Crippen molar-refractivity contribution < 1.29 is 13.3 Å². The van der Waals surface area contributed by atoms with Gasteiger partial charge < -0.3 is 0 Å². The fourth-order valence-corrected chi connectivity index (χ4v) is 4.17. The number of rotatable bonds is 6. The fraction of sp³-hybridized carbons (Fsp3) is 0.125. The van der Waals surface area contributed by atoms with Crippen molar-refractivity contribution in [3.8, 4) is 0 Å². The van der Waals surface area contributed by atoms with Crippen LogP contribution in [0.3, 0.4) is 0 Å². The Labute approximate surface area is 145 Å². The summed E-state index contributed by atoms with van der Waals surface area (Å²) in [6.45, 7) is 5.26. The molecule has 2 rings (SSSR count). The van der Waals surface area contributed by atoms with Gasteiger partial charge in [0, 0.05) is 11.1 Å². The zero-order valence-corrected chi connectivity index (χ0v) is 14.4. The Morgan fingerprint density at radius 2 is 1.96 bits per heavy atom. The van der Waals surface area contributed by atoms with E-state index in [1.165, 1.54) is 24.3 Å². The number of para-hydroxylation sites is 1. The van der Waals surface area contributed by atoms with E-state index in [0.29, 0.717) is 16.3 Å². The van der Waals surface area contributed by atoms with Gasteiger partial charge in [-0.05, 0) is 36.8 Å². The average molecular weight is 367 g/mol. The molecule has 2 aromatic carbocycles. The maximum Gasteiger partial charge on any atom is 0.289 e. The first-order valence-electron chi connectivity index (χ1n) is 6.92. The summed E-state index contributed by atoms with van der Waals surface area (Å²) in [7, 11) is -4.15. The Hall–Kier alpha value is -2.38. The summed E-state index contributed by atoms with van der Waals surface area (Å²) in [4.78, 5) is 10.1. The van der Waals surface area contributed by atoms with Crippen molar-refractivity contribution in [2.75, 3.05) is 10.8 Å². The Kier molecular flexibility index (Phi) is 5.26. The second-order valence-corrected chi connectivity index (χ2v) is 7.25. The molecule has 126 valence electrons. The molecule has 0 bridgehead atoms. The molecule has 0 aliphatic heterocycles. The summed E-state index contributed by atoms with van der Waals surface area (Å²) in [6.07, 6.45) is 1.42. The van der Waals surface area contributed by atoms with Gasteiger partial charge in [0.05, 0.1) is 17.2 Å². The van der Waals surface area contributed by atoms with Crippen molar-refractivity contribution in [1.29, 1.82) is 0 Å². The number of aryl methyl sites for hydroxylation is 1. The highest BCUT2D eigenvalue weighted by Crippen LogP contribution is 2.32. The molecule has 0 N–H and O–H groups in total. The smallest absolute Gasteiger partial charge is 0.262 e. The van der Waals surface area contributed by atoms with Crippen LogP contribution in [0, 0.1) is 17.0 Å². The van der Waals surface area contributed by atoms with Gasteiger partial charge in [-0.3, -0.25) is 14.4 Å². The number of hydrogen-bond acceptors (Lipinski definition) is 4. The van der Waals surface area contributed by atoms with E-state index in [9.17, 15) is 18.5 Å². The van der Waals surface area contributed by atoms with Gasteiger partial charge in [-0.1, -0.05) is 29.8 Å². The molecule has 0 atom stereocenters. The number of halogens is 1. The fourth-order valence-electron chi connectivity index (χ4n) is 2.29. The standard InChI is InChI=1S/C16H15ClN2O4S/c1-3-10-18(14-9-8-13(17)11-12(14)2)24(22,23)16-7-5-4-6-15(16)19(20)21/h3-9,11H,1,10H2,2H3. The van der Waals surface area contributed by atoms with Gasteiger partial charge in [-0.25, -0.2) is 8.42 Å². The molecule has 6 nitrogen and oxygen atoms in total. The number of nitro groups is 1. The summed E-state index contributed by atoms with van der Waals surface area (Å²) in [6, 6.07) is 10.00. The van der Waals surface area contributed by atoms with Crippen molar-refractivity contribution in [3.63, 3.8) is 0 Å². The summed E-state index contributed by atoms with van der Waals surface area (Å²) >= 11 is 5.92. The third-order valence-electron chi connectivity index (χ3n) is 3.35. The highest BCUT2D eigenvalue weighted by Gasteiger charge is 2.31. The van der Waals surface area contributed by atoms with Gasteiger partial charge in [0.1, 0.15) is 0 Å². The van der Waals surface area contributed by atoms with Crippen molar-refractivity contribution in [2.24, 2.45) is 0 Å². The maximum atomic E-state index is 13.0. The predicted octanol–water partition coefficient (Wildman–Crippen LogP) is 3.94. The average Bonchev–Trinajstić information content (AvgIpc) is 2.53. The minimum Gasteiger partial charge on any atom is -0.262 e. The van der Waals surface area contributed by atoms with Crippen LogP contribution in [0.2, 0.25) is 5.02 Å². The number of hydrogen-bond donors (Lipinski definition) is 0. The van der Waals surface area contributed by atoms with Gasteiger partial charge in [0.15, 0.2) is 4.90 Å². The Balaban J connectivity index is 2.67. The molecule has 0 fully saturated rings. The Morgan fingerprint density at radius 1 is 1.29 bits per heavy atom. The molecular formula is C16H15ClN2O4S. The van der Waals surface area contributed by atoms with Gasteiger partial charge in [-0.15, -0.1) is 6.58 Å². The van der Waals surface area contributed by atoms with Crippen LogP contribution >= 0.6 is 11.6 Å². The molecule has 0 aliphatic carbocycles. The van der Waals surface area contributed by atoms with Crippen LogP contribution < -0.4 is 4.31 Å². The van der Waals surface area contributed by atoms with Crippen LogP contribution in [0.15, 0.2) is 60.0 Å². The lowest BCUT2D eigenvalue weighted by Gasteiger charge is -2.24. The topological polar surface area (TPSA) is 80.5 Å². The van der Waals surface area contributed by atoms with Crippen LogP contribution in [-0.2, 0) is 10.0 Å². The minimum absolute atomic E-state index is 0.0309. The van der Waals surface area contributed by atoms with Crippen LogP contribution in [0.5, 0.6) is 0 Å². The number of sulfonamides is 1. The molecule has 0 amide bonds. The lowest BCUT2D eigenvalue weighted by Crippen LogP contribution is -2.32. The quantitative estimate of drug-likeness (QED) is 0.440. The number of nitro benzene ring substituents is 1. The number of nitrogens with zero attached hydrogens (tertiary/aromatic N) is 2. The van der Waals surface area contributed by atoms with Gasteiger partial charge in [-0.2, -0.15) is 0 Å². The van der Waals surface area contributed by atoms with E-state index >= 15 is 0 Å². The van der Waals surface area contributed by atoms with E-state index in [2.05, 4.69) is 6.58 Å². The summed E-state index contributed by atoms with van der Waals surface area (Å²) in [5.41, 5.74) is 0.544. The third kappa shape index (κ3) is 3.42. The highest BCUT2D eigenvalue weighted by molar-refractivity contribution is 7.93. The van der Waals surface area contributed by atoms with E-state index in [4.69, 9.17) is 11.6 Å². The zero-order chi connectivity index (χ0) is 17.9. The van der Waals surface area contributed by atoms with Gasteiger partial charge in [0.25, 0.3) is 15.7 Å². The molecule has 0 saturated heterocycles. The molecule has 0 spiro atoms. The normalized spacial score (nSPS) is 11.1. The lowest BCUT2D eigenvalue weighted by atomic mass is 10.2.